The molecule has 1 aromatic carbocycles. The SMILES string of the molecule is COCCNCc1c(C)nc(-c2cccc(F)c2)nc1C. The average molecular weight is 289 g/mol. The molecule has 112 valence electrons. The van der Waals surface area contributed by atoms with E-state index in [4.69, 9.17) is 4.74 Å². The van der Waals surface area contributed by atoms with Crippen LogP contribution in [0.3, 0.4) is 0 Å². The molecule has 0 spiro atoms. The Morgan fingerprint density at radius 1 is 1.19 bits per heavy atom. The number of aryl methyl sites for hydroxylation is 2. The highest BCUT2D eigenvalue weighted by Crippen LogP contribution is 2.19. The molecule has 0 bridgehead atoms. The molecule has 5 heteroatoms. The van der Waals surface area contributed by atoms with Gasteiger partial charge < -0.3 is 10.1 Å². The standard InChI is InChI=1S/C16H20FN3O/c1-11-15(10-18-7-8-21-3)12(2)20-16(19-11)13-5-4-6-14(17)9-13/h4-6,9,18H,7-8,10H2,1-3H3. The van der Waals surface area contributed by atoms with Crippen LogP contribution in [-0.4, -0.2) is 30.2 Å². The highest BCUT2D eigenvalue weighted by atomic mass is 19.1. The molecule has 4 nitrogen and oxygen atoms in total. The summed E-state index contributed by atoms with van der Waals surface area (Å²) in [5.41, 5.74) is 3.59. The van der Waals surface area contributed by atoms with Crippen LogP contribution in [0.1, 0.15) is 17.0 Å². The highest BCUT2D eigenvalue weighted by Gasteiger charge is 2.10. The van der Waals surface area contributed by atoms with Gasteiger partial charge in [0.2, 0.25) is 0 Å². The van der Waals surface area contributed by atoms with Gasteiger partial charge in [0, 0.05) is 42.7 Å². The van der Waals surface area contributed by atoms with Gasteiger partial charge in [0.25, 0.3) is 0 Å². The van der Waals surface area contributed by atoms with Crippen LogP contribution in [0.25, 0.3) is 11.4 Å². The first kappa shape index (κ1) is 15.5. The van der Waals surface area contributed by atoms with Gasteiger partial charge in [-0.2, -0.15) is 0 Å². The van der Waals surface area contributed by atoms with Crippen molar-refractivity contribution in [3.8, 4) is 11.4 Å². The topological polar surface area (TPSA) is 47.0 Å². The quantitative estimate of drug-likeness (QED) is 0.831. The molecule has 0 aliphatic heterocycles. The third kappa shape index (κ3) is 4.06. The summed E-state index contributed by atoms with van der Waals surface area (Å²) in [6.07, 6.45) is 0. The summed E-state index contributed by atoms with van der Waals surface area (Å²) < 4.78 is 18.3. The molecular formula is C16H20FN3O. The molecule has 1 heterocycles. The summed E-state index contributed by atoms with van der Waals surface area (Å²) in [5, 5.41) is 3.29. The minimum atomic E-state index is -0.281. The first-order valence-electron chi connectivity index (χ1n) is 6.91. The van der Waals surface area contributed by atoms with E-state index in [0.29, 0.717) is 24.5 Å². The summed E-state index contributed by atoms with van der Waals surface area (Å²) in [6, 6.07) is 6.34. The number of hydrogen-bond donors (Lipinski definition) is 1. The van der Waals surface area contributed by atoms with Crippen molar-refractivity contribution in [2.45, 2.75) is 20.4 Å². The summed E-state index contributed by atoms with van der Waals surface area (Å²) in [5.74, 6) is 0.279. The molecule has 0 fully saturated rings. The molecule has 0 atom stereocenters. The first-order valence-corrected chi connectivity index (χ1v) is 6.91. The van der Waals surface area contributed by atoms with Crippen LogP contribution in [0.15, 0.2) is 24.3 Å². The lowest BCUT2D eigenvalue weighted by Crippen LogP contribution is -2.20. The van der Waals surface area contributed by atoms with E-state index in [1.165, 1.54) is 12.1 Å². The fourth-order valence-corrected chi connectivity index (χ4v) is 2.14. The van der Waals surface area contributed by atoms with E-state index in [-0.39, 0.29) is 5.82 Å². The van der Waals surface area contributed by atoms with Crippen molar-refractivity contribution in [3.05, 3.63) is 47.0 Å². The molecular weight excluding hydrogens is 269 g/mol. The van der Waals surface area contributed by atoms with E-state index >= 15 is 0 Å². The zero-order valence-electron chi connectivity index (χ0n) is 12.6. The van der Waals surface area contributed by atoms with E-state index < -0.39 is 0 Å². The van der Waals surface area contributed by atoms with Gasteiger partial charge in [0.05, 0.1) is 6.61 Å². The molecule has 0 saturated heterocycles. The number of aromatic nitrogens is 2. The monoisotopic (exact) mass is 289 g/mol. The number of ether oxygens (including phenoxy) is 1. The molecule has 2 rings (SSSR count). The molecule has 0 unspecified atom stereocenters. The summed E-state index contributed by atoms with van der Waals surface area (Å²) in [7, 11) is 1.68. The smallest absolute Gasteiger partial charge is 0.159 e. The Morgan fingerprint density at radius 3 is 2.52 bits per heavy atom. The maximum Gasteiger partial charge on any atom is 0.159 e. The zero-order valence-corrected chi connectivity index (χ0v) is 12.6. The Morgan fingerprint density at radius 2 is 1.90 bits per heavy atom. The van der Waals surface area contributed by atoms with Crippen LogP contribution in [0.5, 0.6) is 0 Å². The Hall–Kier alpha value is -1.85. The fraction of sp³-hybridized carbons (Fsp3) is 0.375. The van der Waals surface area contributed by atoms with E-state index in [2.05, 4.69) is 15.3 Å². The molecule has 0 aliphatic carbocycles. The van der Waals surface area contributed by atoms with E-state index in [1.54, 1.807) is 13.2 Å². The van der Waals surface area contributed by atoms with Crippen molar-refractivity contribution >= 4 is 0 Å². The van der Waals surface area contributed by atoms with E-state index in [0.717, 1.165) is 23.5 Å². The van der Waals surface area contributed by atoms with Crippen LogP contribution in [0.4, 0.5) is 4.39 Å². The van der Waals surface area contributed by atoms with Gasteiger partial charge in [0.15, 0.2) is 5.82 Å². The van der Waals surface area contributed by atoms with Gasteiger partial charge in [-0.1, -0.05) is 12.1 Å². The van der Waals surface area contributed by atoms with Crippen LogP contribution >= 0.6 is 0 Å². The van der Waals surface area contributed by atoms with Crippen molar-refractivity contribution in [2.24, 2.45) is 0 Å². The number of nitrogens with zero attached hydrogens (tertiary/aromatic N) is 2. The van der Waals surface area contributed by atoms with Crippen LogP contribution in [0.2, 0.25) is 0 Å². The van der Waals surface area contributed by atoms with E-state index in [9.17, 15) is 4.39 Å². The lowest BCUT2D eigenvalue weighted by atomic mass is 10.1. The van der Waals surface area contributed by atoms with Gasteiger partial charge >= 0.3 is 0 Å². The molecule has 2 aromatic rings. The number of benzene rings is 1. The fourth-order valence-electron chi connectivity index (χ4n) is 2.14. The van der Waals surface area contributed by atoms with E-state index in [1.807, 2.05) is 19.9 Å². The number of rotatable bonds is 6. The zero-order chi connectivity index (χ0) is 15.2. The van der Waals surface area contributed by atoms with Crippen LogP contribution < -0.4 is 5.32 Å². The Kier molecular flexibility index (Phi) is 5.36. The number of methoxy groups -OCH3 is 1. The van der Waals surface area contributed by atoms with Gasteiger partial charge in [-0.25, -0.2) is 14.4 Å². The molecule has 0 radical (unpaired) electrons. The Labute approximate surface area is 124 Å². The van der Waals surface area contributed by atoms with Gasteiger partial charge in [0.1, 0.15) is 5.82 Å². The number of halogens is 1. The summed E-state index contributed by atoms with van der Waals surface area (Å²) in [4.78, 5) is 8.99. The van der Waals surface area contributed by atoms with Crippen molar-refractivity contribution in [1.29, 1.82) is 0 Å². The maximum absolute atomic E-state index is 13.3. The minimum absolute atomic E-state index is 0.281. The molecule has 21 heavy (non-hydrogen) atoms. The molecule has 1 aromatic heterocycles. The Balaban J connectivity index is 2.20. The van der Waals surface area contributed by atoms with Gasteiger partial charge in [-0.15, -0.1) is 0 Å². The highest BCUT2D eigenvalue weighted by molar-refractivity contribution is 5.55. The second kappa shape index (κ2) is 7.24. The van der Waals surface area contributed by atoms with Crippen molar-refractivity contribution in [2.75, 3.05) is 20.3 Å². The largest absolute Gasteiger partial charge is 0.383 e. The normalized spacial score (nSPS) is 10.9. The lowest BCUT2D eigenvalue weighted by molar-refractivity contribution is 0.199. The van der Waals surface area contributed by atoms with Gasteiger partial charge in [-0.3, -0.25) is 0 Å². The van der Waals surface area contributed by atoms with Gasteiger partial charge in [-0.05, 0) is 26.0 Å². The number of hydrogen-bond acceptors (Lipinski definition) is 4. The van der Waals surface area contributed by atoms with Crippen molar-refractivity contribution < 1.29 is 9.13 Å². The number of nitrogens with one attached hydrogen (secondary N) is 1. The predicted molar refractivity (Wildman–Crippen MR) is 80.5 cm³/mol. The summed E-state index contributed by atoms with van der Waals surface area (Å²) in [6.45, 7) is 6.04. The molecule has 0 aliphatic rings. The molecule has 0 amide bonds. The molecule has 1 N–H and O–H groups in total. The first-order chi connectivity index (χ1) is 10.1. The second-order valence-electron chi connectivity index (χ2n) is 4.88. The average Bonchev–Trinajstić information content (AvgIpc) is 2.45. The maximum atomic E-state index is 13.3. The summed E-state index contributed by atoms with van der Waals surface area (Å²) >= 11 is 0. The molecule has 0 saturated carbocycles. The van der Waals surface area contributed by atoms with Crippen molar-refractivity contribution in [1.82, 2.24) is 15.3 Å². The predicted octanol–water partition coefficient (Wildman–Crippen LogP) is 2.64. The minimum Gasteiger partial charge on any atom is -0.383 e. The van der Waals surface area contributed by atoms with Crippen LogP contribution in [0, 0.1) is 19.7 Å². The van der Waals surface area contributed by atoms with Crippen LogP contribution in [-0.2, 0) is 11.3 Å². The third-order valence-electron chi connectivity index (χ3n) is 3.29. The second-order valence-corrected chi connectivity index (χ2v) is 4.88. The third-order valence-corrected chi connectivity index (χ3v) is 3.29. The lowest BCUT2D eigenvalue weighted by Gasteiger charge is -2.12. The van der Waals surface area contributed by atoms with Crippen molar-refractivity contribution in [3.63, 3.8) is 0 Å². The Bertz CT molecular complexity index is 593.